The van der Waals surface area contributed by atoms with Gasteiger partial charge < -0.3 is 14.7 Å². The van der Waals surface area contributed by atoms with Crippen LogP contribution < -0.4 is 0 Å². The van der Waals surface area contributed by atoms with Crippen molar-refractivity contribution in [3.8, 4) is 0 Å². The molecule has 0 bridgehead atoms. The zero-order valence-electron chi connectivity index (χ0n) is 17.5. The smallest absolute Gasteiger partial charge is 0.358 e. The molecule has 1 aromatic heterocycles. The molecule has 1 aliphatic heterocycles. The molecule has 1 atom stereocenters. The summed E-state index contributed by atoms with van der Waals surface area (Å²) in [6.45, 7) is 3.59. The molecule has 2 heterocycles. The Kier molecular flexibility index (Phi) is 6.94. The molecule has 8 nitrogen and oxygen atoms in total. The van der Waals surface area contributed by atoms with E-state index in [1.165, 1.54) is 28.2 Å². The maximum absolute atomic E-state index is 12.5. The molecule has 0 aliphatic carbocycles. The lowest BCUT2D eigenvalue weighted by atomic mass is 9.96. The van der Waals surface area contributed by atoms with Gasteiger partial charge in [-0.3, -0.25) is 14.6 Å². The molecule has 0 N–H and O–H groups in total. The Hall–Kier alpha value is -3.07. The summed E-state index contributed by atoms with van der Waals surface area (Å²) < 4.78 is 1.46. The average Bonchev–Trinajstić information content (AvgIpc) is 3.26. The van der Waals surface area contributed by atoms with Gasteiger partial charge in [-0.25, -0.2) is 0 Å². The third-order valence-corrected chi connectivity index (χ3v) is 5.89. The van der Waals surface area contributed by atoms with E-state index < -0.39 is 4.92 Å². The van der Waals surface area contributed by atoms with E-state index in [2.05, 4.69) is 39.0 Å². The number of carbonyl (C=O) groups excluding carboxylic acids is 1. The minimum Gasteiger partial charge on any atom is -0.358 e. The van der Waals surface area contributed by atoms with E-state index >= 15 is 0 Å². The predicted molar refractivity (Wildman–Crippen MR) is 122 cm³/mol. The molecule has 9 heteroatoms. The summed E-state index contributed by atoms with van der Waals surface area (Å²) in [7, 11) is 0. The van der Waals surface area contributed by atoms with E-state index in [0.717, 1.165) is 26.2 Å². The van der Waals surface area contributed by atoms with Crippen LogP contribution in [0.4, 0.5) is 5.82 Å². The largest absolute Gasteiger partial charge is 0.381 e. The average molecular weight is 454 g/mol. The van der Waals surface area contributed by atoms with Crippen molar-refractivity contribution in [2.75, 3.05) is 32.7 Å². The van der Waals surface area contributed by atoms with Crippen molar-refractivity contribution < 1.29 is 9.72 Å². The fourth-order valence-electron chi connectivity index (χ4n) is 4.11. The van der Waals surface area contributed by atoms with Crippen LogP contribution in [0.15, 0.2) is 67.1 Å². The molecule has 1 aliphatic rings. The molecule has 0 amide bonds. The van der Waals surface area contributed by atoms with Crippen LogP contribution >= 0.6 is 11.6 Å². The lowest BCUT2D eigenvalue weighted by Crippen LogP contribution is -2.49. The van der Waals surface area contributed by atoms with E-state index in [4.69, 9.17) is 11.6 Å². The molecule has 3 aromatic rings. The van der Waals surface area contributed by atoms with Gasteiger partial charge in [0, 0.05) is 31.2 Å². The summed E-state index contributed by atoms with van der Waals surface area (Å²) in [6, 6.07) is 18.5. The molecule has 2 aromatic carbocycles. The summed E-state index contributed by atoms with van der Waals surface area (Å²) in [5.41, 5.74) is 2.41. The van der Waals surface area contributed by atoms with Gasteiger partial charge >= 0.3 is 5.82 Å². The SMILES string of the molecule is O=C(CN1CCN(C(c2ccccc2)c2ccc(Cl)cc2)CC1)Cn1cnc([N+](=O)[O-])c1. The number of piperazine rings is 1. The van der Waals surface area contributed by atoms with Gasteiger partial charge in [-0.05, 0) is 33.2 Å². The van der Waals surface area contributed by atoms with Crippen LogP contribution in [0.3, 0.4) is 0 Å². The van der Waals surface area contributed by atoms with Crippen molar-refractivity contribution in [2.45, 2.75) is 12.6 Å². The van der Waals surface area contributed by atoms with Crippen LogP contribution in [0.25, 0.3) is 0 Å². The Morgan fingerprint density at radius 2 is 1.66 bits per heavy atom. The van der Waals surface area contributed by atoms with E-state index in [1.54, 1.807) is 0 Å². The number of nitro groups is 1. The van der Waals surface area contributed by atoms with E-state index in [0.29, 0.717) is 11.6 Å². The maximum atomic E-state index is 12.5. The number of hydrogen-bond donors (Lipinski definition) is 0. The van der Waals surface area contributed by atoms with Crippen LogP contribution in [0.1, 0.15) is 17.2 Å². The summed E-state index contributed by atoms with van der Waals surface area (Å²) in [5, 5.41) is 11.5. The first-order valence-electron chi connectivity index (χ1n) is 10.4. The fraction of sp³-hybridized carbons (Fsp3) is 0.304. The van der Waals surface area contributed by atoms with Crippen molar-refractivity contribution in [3.63, 3.8) is 0 Å². The van der Waals surface area contributed by atoms with E-state index in [9.17, 15) is 14.9 Å². The van der Waals surface area contributed by atoms with Gasteiger partial charge in [-0.1, -0.05) is 54.1 Å². The Morgan fingerprint density at radius 1 is 1.00 bits per heavy atom. The summed E-state index contributed by atoms with van der Waals surface area (Å²) >= 11 is 6.10. The molecule has 1 unspecified atom stereocenters. The second-order valence-corrected chi connectivity index (χ2v) is 8.31. The van der Waals surface area contributed by atoms with E-state index in [-0.39, 0.29) is 24.2 Å². The molecule has 166 valence electrons. The molecule has 4 rings (SSSR count). The minimum absolute atomic E-state index is 0.00283. The Morgan fingerprint density at radius 3 is 2.28 bits per heavy atom. The number of hydrogen-bond acceptors (Lipinski definition) is 6. The summed E-state index contributed by atoms with van der Waals surface area (Å²) in [4.78, 5) is 30.9. The van der Waals surface area contributed by atoms with Crippen molar-refractivity contribution in [1.82, 2.24) is 19.4 Å². The highest BCUT2D eigenvalue weighted by molar-refractivity contribution is 6.30. The van der Waals surface area contributed by atoms with Gasteiger partial charge in [-0.15, -0.1) is 0 Å². The van der Waals surface area contributed by atoms with Crippen molar-refractivity contribution in [1.29, 1.82) is 0 Å². The highest BCUT2D eigenvalue weighted by Crippen LogP contribution is 2.30. The Balaban J connectivity index is 1.38. The first-order chi connectivity index (χ1) is 15.5. The van der Waals surface area contributed by atoms with Gasteiger partial charge in [0.2, 0.25) is 6.33 Å². The topological polar surface area (TPSA) is 84.5 Å². The third kappa shape index (κ3) is 5.40. The first-order valence-corrected chi connectivity index (χ1v) is 10.8. The number of imidazole rings is 1. The fourth-order valence-corrected chi connectivity index (χ4v) is 4.23. The molecule has 1 fully saturated rings. The quantitative estimate of drug-likeness (QED) is 0.384. The molecule has 32 heavy (non-hydrogen) atoms. The molecule has 0 radical (unpaired) electrons. The van der Waals surface area contributed by atoms with Crippen LogP contribution in [0, 0.1) is 10.1 Å². The lowest BCUT2D eigenvalue weighted by Gasteiger charge is -2.39. The summed E-state index contributed by atoms with van der Waals surface area (Å²) in [6.07, 6.45) is 2.61. The standard InChI is InChI=1S/C23H24ClN5O3/c24-20-8-6-19(7-9-20)23(18-4-2-1-3-5-18)28-12-10-26(11-13-28)14-21(30)15-27-16-22(25-17-27)29(31)32/h1-9,16-17,23H,10-15H2. The van der Waals surface area contributed by atoms with E-state index in [1.807, 2.05) is 30.3 Å². The van der Waals surface area contributed by atoms with Crippen molar-refractivity contribution in [2.24, 2.45) is 0 Å². The molecular weight excluding hydrogens is 430 g/mol. The number of carbonyl (C=O) groups is 1. The van der Waals surface area contributed by atoms with Crippen LogP contribution in [-0.4, -0.2) is 62.8 Å². The maximum Gasteiger partial charge on any atom is 0.381 e. The minimum atomic E-state index is -0.565. The Labute approximate surface area is 191 Å². The summed E-state index contributed by atoms with van der Waals surface area (Å²) in [5.74, 6) is -0.247. The van der Waals surface area contributed by atoms with Crippen molar-refractivity contribution >= 4 is 23.2 Å². The number of halogens is 1. The van der Waals surface area contributed by atoms with Crippen LogP contribution in [0.5, 0.6) is 0 Å². The second kappa shape index (κ2) is 10.0. The highest BCUT2D eigenvalue weighted by atomic mass is 35.5. The van der Waals surface area contributed by atoms with Crippen LogP contribution in [0.2, 0.25) is 5.02 Å². The van der Waals surface area contributed by atoms with Gasteiger partial charge in [-0.2, -0.15) is 0 Å². The number of nitrogens with zero attached hydrogens (tertiary/aromatic N) is 5. The first kappa shape index (κ1) is 22.1. The number of Topliss-reactive ketones (excluding diaryl/α,β-unsaturated/α-hetero) is 1. The zero-order chi connectivity index (χ0) is 22.5. The molecule has 1 saturated heterocycles. The monoisotopic (exact) mass is 453 g/mol. The van der Waals surface area contributed by atoms with Gasteiger partial charge in [0.05, 0.1) is 19.1 Å². The van der Waals surface area contributed by atoms with Crippen LogP contribution in [-0.2, 0) is 11.3 Å². The number of benzene rings is 2. The van der Waals surface area contributed by atoms with Crippen molar-refractivity contribution in [3.05, 3.63) is 93.4 Å². The predicted octanol–water partition coefficient (Wildman–Crippen LogP) is 3.42. The number of rotatable bonds is 8. The van der Waals surface area contributed by atoms with Gasteiger partial charge in [0.15, 0.2) is 5.78 Å². The normalized spacial score (nSPS) is 16.0. The Bertz CT molecular complexity index is 1060. The lowest BCUT2D eigenvalue weighted by molar-refractivity contribution is -0.389. The second-order valence-electron chi connectivity index (χ2n) is 7.88. The zero-order valence-corrected chi connectivity index (χ0v) is 18.3. The third-order valence-electron chi connectivity index (χ3n) is 5.64. The number of aromatic nitrogens is 2. The van der Waals surface area contributed by atoms with Gasteiger partial charge in [0.25, 0.3) is 0 Å². The highest BCUT2D eigenvalue weighted by Gasteiger charge is 2.27. The molecular formula is C23H24ClN5O3. The van der Waals surface area contributed by atoms with Gasteiger partial charge in [0.1, 0.15) is 6.20 Å². The molecule has 0 spiro atoms. The molecule has 0 saturated carbocycles. The number of ketones is 1.